The topological polar surface area (TPSA) is 96.6 Å². The van der Waals surface area contributed by atoms with E-state index in [0.29, 0.717) is 11.2 Å². The van der Waals surface area contributed by atoms with Gasteiger partial charge in [-0.05, 0) is 30.9 Å². The lowest BCUT2D eigenvalue weighted by Gasteiger charge is -2.13. The van der Waals surface area contributed by atoms with Gasteiger partial charge in [0.25, 0.3) is 5.91 Å². The maximum atomic E-state index is 12.0. The molecule has 0 aromatic carbocycles. The van der Waals surface area contributed by atoms with Gasteiger partial charge in [-0.1, -0.05) is 0 Å². The molecule has 2 heterocycles. The van der Waals surface area contributed by atoms with Gasteiger partial charge in [0.2, 0.25) is 0 Å². The number of carbonyl (C=O) groups is 2. The summed E-state index contributed by atoms with van der Waals surface area (Å²) in [4.78, 5) is 23.1. The number of aliphatic carboxylic acids is 1. The highest BCUT2D eigenvalue weighted by atomic mass is 16.4. The molecule has 1 atom stereocenters. The molecule has 1 aliphatic carbocycles. The molecule has 1 saturated carbocycles. The first-order valence-corrected chi connectivity index (χ1v) is 5.98. The minimum atomic E-state index is -0.985. The summed E-state index contributed by atoms with van der Waals surface area (Å²) >= 11 is 0. The summed E-state index contributed by atoms with van der Waals surface area (Å²) in [6.45, 7) is 0. The maximum Gasteiger partial charge on any atom is 0.326 e. The number of hydrogen-bond donors (Lipinski definition) is 2. The van der Waals surface area contributed by atoms with E-state index >= 15 is 0 Å². The summed E-state index contributed by atoms with van der Waals surface area (Å²) in [6, 6.07) is 2.46. The van der Waals surface area contributed by atoms with Crippen LogP contribution < -0.4 is 5.32 Å². The number of nitrogens with one attached hydrogen (secondary N) is 1. The molecule has 0 bridgehead atoms. The fourth-order valence-corrected chi connectivity index (χ4v) is 2.00. The zero-order valence-corrected chi connectivity index (χ0v) is 9.98. The van der Waals surface area contributed by atoms with Gasteiger partial charge in [0.15, 0.2) is 5.65 Å². The lowest BCUT2D eigenvalue weighted by atomic mass is 10.1. The predicted molar refractivity (Wildman–Crippen MR) is 64.6 cm³/mol. The third kappa shape index (κ3) is 2.26. The van der Waals surface area contributed by atoms with Gasteiger partial charge in [-0.15, -0.1) is 10.2 Å². The molecule has 1 fully saturated rings. The van der Waals surface area contributed by atoms with Crippen LogP contribution in [0.1, 0.15) is 23.2 Å². The Kier molecular flexibility index (Phi) is 2.66. The van der Waals surface area contributed by atoms with Crippen LogP contribution in [-0.4, -0.2) is 37.6 Å². The lowest BCUT2D eigenvalue weighted by Crippen LogP contribution is -2.42. The Morgan fingerprint density at radius 1 is 1.42 bits per heavy atom. The van der Waals surface area contributed by atoms with Crippen molar-refractivity contribution in [1.82, 2.24) is 19.9 Å². The molecular weight excluding hydrogens is 248 g/mol. The normalized spacial score (nSPS) is 16.2. The summed E-state index contributed by atoms with van der Waals surface area (Å²) in [5.74, 6) is -1.32. The van der Waals surface area contributed by atoms with Gasteiger partial charge in [-0.2, -0.15) is 0 Å². The van der Waals surface area contributed by atoms with Crippen LogP contribution >= 0.6 is 0 Å². The highest BCUT2D eigenvalue weighted by molar-refractivity contribution is 5.96. The molecule has 1 unspecified atom stereocenters. The van der Waals surface area contributed by atoms with E-state index in [1.54, 1.807) is 22.7 Å². The molecule has 1 amide bonds. The largest absolute Gasteiger partial charge is 0.480 e. The Balaban J connectivity index is 1.80. The van der Waals surface area contributed by atoms with Gasteiger partial charge in [-0.3, -0.25) is 9.20 Å². The highest BCUT2D eigenvalue weighted by Gasteiger charge is 2.37. The summed E-state index contributed by atoms with van der Waals surface area (Å²) in [6.07, 6.45) is 4.77. The number of amides is 1. The van der Waals surface area contributed by atoms with Crippen molar-refractivity contribution in [2.75, 3.05) is 0 Å². The molecule has 98 valence electrons. The van der Waals surface area contributed by atoms with E-state index in [1.165, 1.54) is 6.33 Å². The molecule has 0 radical (unpaired) electrons. The molecule has 7 nitrogen and oxygen atoms in total. The average Bonchev–Trinajstić information content (AvgIpc) is 3.11. The van der Waals surface area contributed by atoms with Crippen LogP contribution in [0.25, 0.3) is 5.65 Å². The first-order chi connectivity index (χ1) is 9.15. The smallest absolute Gasteiger partial charge is 0.326 e. The highest BCUT2D eigenvalue weighted by Crippen LogP contribution is 2.32. The summed E-state index contributed by atoms with van der Waals surface area (Å²) in [7, 11) is 0. The molecular formula is C12H12N4O3. The lowest BCUT2D eigenvalue weighted by molar-refractivity contribution is -0.139. The number of rotatable bonds is 4. The van der Waals surface area contributed by atoms with E-state index in [4.69, 9.17) is 5.11 Å². The zero-order valence-electron chi connectivity index (χ0n) is 9.98. The van der Waals surface area contributed by atoms with Crippen LogP contribution in [0.4, 0.5) is 0 Å². The van der Waals surface area contributed by atoms with Gasteiger partial charge in [0.1, 0.15) is 12.4 Å². The Labute approximate surface area is 108 Å². The van der Waals surface area contributed by atoms with Crippen molar-refractivity contribution in [3.63, 3.8) is 0 Å². The average molecular weight is 260 g/mol. The van der Waals surface area contributed by atoms with Crippen molar-refractivity contribution in [1.29, 1.82) is 0 Å². The fourth-order valence-electron chi connectivity index (χ4n) is 2.00. The number of nitrogens with zero attached hydrogens (tertiary/aromatic N) is 3. The van der Waals surface area contributed by atoms with E-state index in [0.717, 1.165) is 12.8 Å². The molecule has 2 N–H and O–H groups in total. The maximum absolute atomic E-state index is 12.0. The molecule has 0 aliphatic heterocycles. The van der Waals surface area contributed by atoms with E-state index < -0.39 is 17.9 Å². The Bertz CT molecular complexity index is 647. The van der Waals surface area contributed by atoms with E-state index in [2.05, 4.69) is 15.5 Å². The van der Waals surface area contributed by atoms with Crippen LogP contribution in [0.3, 0.4) is 0 Å². The Morgan fingerprint density at radius 3 is 2.89 bits per heavy atom. The minimum Gasteiger partial charge on any atom is -0.480 e. The van der Waals surface area contributed by atoms with Crippen LogP contribution in [-0.2, 0) is 4.79 Å². The number of aromatic nitrogens is 3. The Morgan fingerprint density at radius 2 is 2.21 bits per heavy atom. The van der Waals surface area contributed by atoms with Crippen molar-refractivity contribution in [3.05, 3.63) is 30.2 Å². The first-order valence-electron chi connectivity index (χ1n) is 5.98. The molecule has 7 heteroatoms. The van der Waals surface area contributed by atoms with Gasteiger partial charge in [-0.25, -0.2) is 4.79 Å². The second-order valence-electron chi connectivity index (χ2n) is 4.64. The number of fused-ring (bicyclic) bond motifs is 1. The summed E-state index contributed by atoms with van der Waals surface area (Å²) in [5.41, 5.74) is 1.02. The first kappa shape index (κ1) is 11.6. The van der Waals surface area contributed by atoms with E-state index in [1.807, 2.05) is 0 Å². The van der Waals surface area contributed by atoms with Crippen molar-refractivity contribution in [3.8, 4) is 0 Å². The van der Waals surface area contributed by atoms with Gasteiger partial charge >= 0.3 is 5.97 Å². The third-order valence-electron chi connectivity index (χ3n) is 3.20. The summed E-state index contributed by atoms with van der Waals surface area (Å²) < 4.78 is 1.61. The molecule has 0 saturated heterocycles. The monoisotopic (exact) mass is 260 g/mol. The number of carbonyl (C=O) groups excluding carboxylic acids is 1. The predicted octanol–water partition coefficient (Wildman–Crippen LogP) is 0.322. The summed E-state index contributed by atoms with van der Waals surface area (Å²) in [5, 5.41) is 19.2. The number of carboxylic acid groups (broad SMARTS) is 1. The van der Waals surface area contributed by atoms with Crippen LogP contribution in [0, 0.1) is 5.92 Å². The SMILES string of the molecule is O=C(NC(C(=O)O)C1CC1)c1ccc2nncn2c1. The molecule has 0 spiro atoms. The van der Waals surface area contributed by atoms with Crippen molar-refractivity contribution >= 4 is 17.5 Å². The fraction of sp³-hybridized carbons (Fsp3) is 0.333. The quantitative estimate of drug-likeness (QED) is 0.825. The second-order valence-corrected chi connectivity index (χ2v) is 4.64. The molecule has 19 heavy (non-hydrogen) atoms. The van der Waals surface area contributed by atoms with Gasteiger partial charge in [0.05, 0.1) is 5.56 Å². The molecule has 2 aromatic heterocycles. The molecule has 3 rings (SSSR count). The molecule has 2 aromatic rings. The Hall–Kier alpha value is -2.44. The standard InChI is InChI=1S/C12H12N4O3/c17-11(14-10(12(18)19)7-1-2-7)8-3-4-9-15-13-6-16(9)5-8/h3-7,10H,1-2H2,(H,14,17)(H,18,19). The molecule has 1 aliphatic rings. The van der Waals surface area contributed by atoms with Crippen LogP contribution in [0.5, 0.6) is 0 Å². The van der Waals surface area contributed by atoms with Crippen LogP contribution in [0.15, 0.2) is 24.7 Å². The van der Waals surface area contributed by atoms with Crippen LogP contribution in [0.2, 0.25) is 0 Å². The number of hydrogen-bond acceptors (Lipinski definition) is 4. The minimum absolute atomic E-state index is 0.0556. The van der Waals surface area contributed by atoms with E-state index in [-0.39, 0.29) is 5.92 Å². The van der Waals surface area contributed by atoms with Crippen molar-refractivity contribution in [2.45, 2.75) is 18.9 Å². The van der Waals surface area contributed by atoms with Crippen molar-refractivity contribution in [2.24, 2.45) is 5.92 Å². The van der Waals surface area contributed by atoms with Gasteiger partial charge in [0, 0.05) is 6.20 Å². The van der Waals surface area contributed by atoms with E-state index in [9.17, 15) is 9.59 Å². The number of pyridine rings is 1. The third-order valence-corrected chi connectivity index (χ3v) is 3.20. The van der Waals surface area contributed by atoms with Crippen molar-refractivity contribution < 1.29 is 14.7 Å². The van der Waals surface area contributed by atoms with Gasteiger partial charge < -0.3 is 10.4 Å². The zero-order chi connectivity index (χ0) is 13.4. The number of carboxylic acids is 1. The second kappa shape index (κ2) is 4.34.